The molecule has 0 saturated heterocycles. The van der Waals surface area contributed by atoms with Crippen molar-refractivity contribution < 1.29 is 14.3 Å². The van der Waals surface area contributed by atoms with Crippen LogP contribution >= 0.6 is 0 Å². The van der Waals surface area contributed by atoms with Crippen molar-refractivity contribution >= 4 is 23.4 Å². The van der Waals surface area contributed by atoms with E-state index in [0.717, 1.165) is 39.8 Å². The fourth-order valence-corrected chi connectivity index (χ4v) is 3.94. The Hall–Kier alpha value is -3.80. The maximum atomic E-state index is 13.0. The highest BCUT2D eigenvalue weighted by Gasteiger charge is 2.29. The number of hydrogen-bond donors (Lipinski definition) is 0. The highest BCUT2D eigenvalue weighted by Crippen LogP contribution is 2.35. The summed E-state index contributed by atoms with van der Waals surface area (Å²) in [6.07, 6.45) is 1.93. The second-order valence-electron chi connectivity index (χ2n) is 7.40. The molecular formula is C24H21N3O3. The van der Waals surface area contributed by atoms with Gasteiger partial charge >= 0.3 is 0 Å². The average Bonchev–Trinajstić information content (AvgIpc) is 3.40. The van der Waals surface area contributed by atoms with Crippen LogP contribution in [-0.4, -0.2) is 23.0 Å². The van der Waals surface area contributed by atoms with Crippen LogP contribution < -0.4 is 14.5 Å². The van der Waals surface area contributed by atoms with Gasteiger partial charge in [-0.3, -0.25) is 4.79 Å². The van der Waals surface area contributed by atoms with Crippen molar-refractivity contribution in [1.29, 1.82) is 0 Å². The van der Waals surface area contributed by atoms with E-state index in [1.54, 1.807) is 0 Å². The molecule has 2 aliphatic heterocycles. The predicted octanol–water partition coefficient (Wildman–Crippen LogP) is 4.63. The molecule has 2 aliphatic rings. The van der Waals surface area contributed by atoms with Crippen LogP contribution in [0, 0.1) is 13.8 Å². The van der Waals surface area contributed by atoms with Crippen molar-refractivity contribution in [3.8, 4) is 17.2 Å². The largest absolute Gasteiger partial charge is 0.454 e. The molecule has 3 aromatic rings. The molecule has 0 radical (unpaired) electrons. The number of fused-ring (bicyclic) bond motifs is 1. The standard InChI is InChI=1S/C24H21N3O3/c1-15-11-18(17(3)26(15)20-9-10-22-23(13-20)30-14-29-22)12-21-16(2)25-27(24(21)28)19-7-5-4-6-8-19/h4-13H,14H2,1-3H3/b21-12+. The Morgan fingerprint density at radius 3 is 2.50 bits per heavy atom. The van der Waals surface area contributed by atoms with E-state index in [1.807, 2.05) is 75.4 Å². The Kier molecular flexibility index (Phi) is 4.20. The van der Waals surface area contributed by atoms with Crippen LogP contribution in [0.3, 0.4) is 0 Å². The topological polar surface area (TPSA) is 56.1 Å². The minimum absolute atomic E-state index is 0.119. The van der Waals surface area contributed by atoms with E-state index < -0.39 is 0 Å². The molecule has 6 nitrogen and oxygen atoms in total. The molecule has 0 fully saturated rings. The summed E-state index contributed by atoms with van der Waals surface area (Å²) in [6.45, 7) is 6.21. The first-order chi connectivity index (χ1) is 14.5. The summed E-state index contributed by atoms with van der Waals surface area (Å²) < 4.78 is 13.1. The molecule has 0 saturated carbocycles. The number of hydrogen-bond acceptors (Lipinski definition) is 4. The number of rotatable bonds is 3. The van der Waals surface area contributed by atoms with Gasteiger partial charge in [0.2, 0.25) is 6.79 Å². The van der Waals surface area contributed by atoms with E-state index in [-0.39, 0.29) is 12.7 Å². The van der Waals surface area contributed by atoms with Crippen LogP contribution in [0.4, 0.5) is 5.69 Å². The molecule has 1 amide bonds. The number of hydrazone groups is 1. The van der Waals surface area contributed by atoms with Gasteiger partial charge in [-0.05, 0) is 62.7 Å². The third-order valence-electron chi connectivity index (χ3n) is 5.45. The Balaban J connectivity index is 1.52. The number of nitrogens with zero attached hydrogens (tertiary/aromatic N) is 3. The van der Waals surface area contributed by atoms with Crippen LogP contribution in [0.15, 0.2) is 65.3 Å². The molecule has 2 aromatic carbocycles. The summed E-state index contributed by atoms with van der Waals surface area (Å²) in [4.78, 5) is 13.0. The molecule has 0 unspecified atom stereocenters. The van der Waals surface area contributed by atoms with Crippen LogP contribution in [0.5, 0.6) is 11.5 Å². The van der Waals surface area contributed by atoms with E-state index in [9.17, 15) is 4.79 Å². The van der Waals surface area contributed by atoms with Crippen molar-refractivity contribution in [2.75, 3.05) is 11.8 Å². The van der Waals surface area contributed by atoms with Crippen LogP contribution in [-0.2, 0) is 4.79 Å². The highest BCUT2D eigenvalue weighted by molar-refractivity contribution is 6.32. The minimum Gasteiger partial charge on any atom is -0.454 e. The zero-order chi connectivity index (χ0) is 20.8. The van der Waals surface area contributed by atoms with Gasteiger partial charge in [0.25, 0.3) is 5.91 Å². The first-order valence-corrected chi connectivity index (χ1v) is 9.78. The number of carbonyl (C=O) groups is 1. The summed E-state index contributed by atoms with van der Waals surface area (Å²) in [5, 5.41) is 5.93. The number of carbonyl (C=O) groups excluding carboxylic acids is 1. The summed E-state index contributed by atoms with van der Waals surface area (Å²) in [5.74, 6) is 1.38. The highest BCUT2D eigenvalue weighted by atomic mass is 16.7. The molecule has 0 N–H and O–H groups in total. The van der Waals surface area contributed by atoms with E-state index in [4.69, 9.17) is 9.47 Å². The number of aryl methyl sites for hydroxylation is 1. The fourth-order valence-electron chi connectivity index (χ4n) is 3.94. The second-order valence-corrected chi connectivity index (χ2v) is 7.40. The summed E-state index contributed by atoms with van der Waals surface area (Å²) >= 11 is 0. The monoisotopic (exact) mass is 399 g/mol. The zero-order valence-corrected chi connectivity index (χ0v) is 17.0. The minimum atomic E-state index is -0.119. The molecule has 30 heavy (non-hydrogen) atoms. The predicted molar refractivity (Wildman–Crippen MR) is 116 cm³/mol. The lowest BCUT2D eigenvalue weighted by Gasteiger charge is -2.11. The number of benzene rings is 2. The van der Waals surface area contributed by atoms with Crippen LogP contribution in [0.1, 0.15) is 23.9 Å². The van der Waals surface area contributed by atoms with Gasteiger partial charge < -0.3 is 14.0 Å². The van der Waals surface area contributed by atoms with Crippen molar-refractivity contribution in [3.05, 3.63) is 77.1 Å². The lowest BCUT2D eigenvalue weighted by molar-refractivity contribution is -0.114. The SMILES string of the molecule is CC1=NN(c2ccccc2)C(=O)/C1=C/c1cc(C)n(-c2ccc3c(c2)OCO3)c1C. The molecule has 6 heteroatoms. The van der Waals surface area contributed by atoms with Crippen molar-refractivity contribution in [2.45, 2.75) is 20.8 Å². The average molecular weight is 399 g/mol. The molecule has 0 aliphatic carbocycles. The van der Waals surface area contributed by atoms with Crippen molar-refractivity contribution in [2.24, 2.45) is 5.10 Å². The number of ether oxygens (including phenoxy) is 2. The molecule has 3 heterocycles. The van der Waals surface area contributed by atoms with Crippen LogP contribution in [0.25, 0.3) is 11.8 Å². The zero-order valence-electron chi connectivity index (χ0n) is 17.0. The van der Waals surface area contributed by atoms with Gasteiger partial charge in [-0.1, -0.05) is 18.2 Å². The number of aromatic nitrogens is 1. The normalized spacial score (nSPS) is 16.5. The molecular weight excluding hydrogens is 378 g/mol. The second kappa shape index (κ2) is 6.91. The van der Waals surface area contributed by atoms with Gasteiger partial charge in [0.1, 0.15) is 0 Å². The Bertz CT molecular complexity index is 1220. The first-order valence-electron chi connectivity index (χ1n) is 9.78. The van der Waals surface area contributed by atoms with Crippen molar-refractivity contribution in [3.63, 3.8) is 0 Å². The Labute approximate surface area is 174 Å². The third kappa shape index (κ3) is 2.88. The van der Waals surface area contributed by atoms with E-state index in [2.05, 4.69) is 15.7 Å². The maximum Gasteiger partial charge on any atom is 0.280 e. The Morgan fingerprint density at radius 2 is 1.70 bits per heavy atom. The number of para-hydroxylation sites is 1. The molecule has 0 spiro atoms. The fraction of sp³-hybridized carbons (Fsp3) is 0.167. The Morgan fingerprint density at radius 1 is 0.933 bits per heavy atom. The molecule has 0 atom stereocenters. The van der Waals surface area contributed by atoms with Gasteiger partial charge in [0.05, 0.1) is 17.0 Å². The first kappa shape index (κ1) is 18.2. The summed E-state index contributed by atoms with van der Waals surface area (Å²) in [5.41, 5.74) is 6.15. The van der Waals surface area contributed by atoms with Gasteiger partial charge in [-0.15, -0.1) is 0 Å². The molecule has 1 aromatic heterocycles. The summed E-state index contributed by atoms with van der Waals surface area (Å²) in [7, 11) is 0. The third-order valence-corrected chi connectivity index (χ3v) is 5.45. The molecule has 0 bridgehead atoms. The molecule has 150 valence electrons. The van der Waals surface area contributed by atoms with E-state index in [0.29, 0.717) is 11.3 Å². The summed E-state index contributed by atoms with van der Waals surface area (Å²) in [6, 6.07) is 17.5. The lowest BCUT2D eigenvalue weighted by atomic mass is 10.1. The smallest absolute Gasteiger partial charge is 0.280 e. The van der Waals surface area contributed by atoms with Gasteiger partial charge in [0.15, 0.2) is 11.5 Å². The van der Waals surface area contributed by atoms with Crippen molar-refractivity contribution in [1.82, 2.24) is 4.57 Å². The van der Waals surface area contributed by atoms with E-state index in [1.165, 1.54) is 5.01 Å². The lowest BCUT2D eigenvalue weighted by Crippen LogP contribution is -2.21. The number of anilines is 1. The maximum absolute atomic E-state index is 13.0. The molecule has 5 rings (SSSR count). The van der Waals surface area contributed by atoms with Gasteiger partial charge in [-0.2, -0.15) is 10.1 Å². The van der Waals surface area contributed by atoms with Gasteiger partial charge in [-0.25, -0.2) is 0 Å². The van der Waals surface area contributed by atoms with E-state index >= 15 is 0 Å². The van der Waals surface area contributed by atoms with Crippen LogP contribution in [0.2, 0.25) is 0 Å². The number of amides is 1. The quantitative estimate of drug-likeness (QED) is 0.604. The van der Waals surface area contributed by atoms with Gasteiger partial charge in [0, 0.05) is 23.1 Å².